The van der Waals surface area contributed by atoms with Crippen LogP contribution in [0.5, 0.6) is 0 Å². The molecule has 0 aliphatic carbocycles. The average molecular weight is 244 g/mol. The first-order valence-corrected chi connectivity index (χ1v) is 5.66. The van der Waals surface area contributed by atoms with Crippen molar-refractivity contribution in [3.05, 3.63) is 29.8 Å². The van der Waals surface area contributed by atoms with Gasteiger partial charge < -0.3 is 10.6 Å². The third kappa shape index (κ3) is 2.54. The van der Waals surface area contributed by atoms with Crippen molar-refractivity contribution in [2.24, 2.45) is 5.73 Å². The molecule has 2 rings (SSSR count). The Morgan fingerprint density at radius 3 is 2.41 bits per heavy atom. The highest BCUT2D eigenvalue weighted by Gasteiger charge is 2.30. The van der Waals surface area contributed by atoms with Gasteiger partial charge in [0.1, 0.15) is 0 Å². The Morgan fingerprint density at radius 1 is 1.24 bits per heavy atom. The zero-order valence-corrected chi connectivity index (χ0v) is 9.37. The predicted octanol–water partition coefficient (Wildman–Crippen LogP) is 2.63. The quantitative estimate of drug-likeness (QED) is 0.866. The van der Waals surface area contributed by atoms with Gasteiger partial charge in [0.25, 0.3) is 0 Å². The van der Waals surface area contributed by atoms with Gasteiger partial charge >= 0.3 is 6.18 Å². The summed E-state index contributed by atoms with van der Waals surface area (Å²) >= 11 is 0. The van der Waals surface area contributed by atoms with Crippen molar-refractivity contribution in [3.8, 4) is 0 Å². The molecule has 2 nitrogen and oxygen atoms in total. The first kappa shape index (κ1) is 12.2. The van der Waals surface area contributed by atoms with Gasteiger partial charge in [-0.2, -0.15) is 13.2 Å². The summed E-state index contributed by atoms with van der Waals surface area (Å²) in [6.07, 6.45) is -2.21. The standard InChI is InChI=1S/C12H15F3N2/c13-12(14,15)9-3-5-10(6-4-9)17-7-1-2-11(17)8-16/h3-6,11H,1-2,7-8,16H2. The van der Waals surface area contributed by atoms with E-state index in [-0.39, 0.29) is 6.04 Å². The SMILES string of the molecule is NCC1CCCN1c1ccc(C(F)(F)F)cc1. The number of benzene rings is 1. The normalized spacial score (nSPS) is 20.9. The van der Waals surface area contributed by atoms with E-state index in [0.29, 0.717) is 6.54 Å². The molecule has 0 amide bonds. The number of alkyl halides is 3. The van der Waals surface area contributed by atoms with Gasteiger partial charge in [-0.05, 0) is 37.1 Å². The van der Waals surface area contributed by atoms with Crippen molar-refractivity contribution < 1.29 is 13.2 Å². The second-order valence-electron chi connectivity index (χ2n) is 4.27. The van der Waals surface area contributed by atoms with Crippen LogP contribution < -0.4 is 10.6 Å². The van der Waals surface area contributed by atoms with E-state index in [4.69, 9.17) is 5.73 Å². The van der Waals surface area contributed by atoms with Crippen LogP contribution in [0.25, 0.3) is 0 Å². The maximum atomic E-state index is 12.4. The lowest BCUT2D eigenvalue weighted by Crippen LogP contribution is -2.35. The van der Waals surface area contributed by atoms with Crippen LogP contribution >= 0.6 is 0 Å². The number of nitrogens with zero attached hydrogens (tertiary/aromatic N) is 1. The maximum Gasteiger partial charge on any atom is 0.416 e. The Bertz CT molecular complexity index is 372. The number of rotatable bonds is 2. The Balaban J connectivity index is 2.18. The highest BCUT2D eigenvalue weighted by Crippen LogP contribution is 2.32. The van der Waals surface area contributed by atoms with Crippen LogP contribution in [0, 0.1) is 0 Å². The van der Waals surface area contributed by atoms with Crippen molar-refractivity contribution in [2.45, 2.75) is 25.1 Å². The largest absolute Gasteiger partial charge is 0.416 e. The van der Waals surface area contributed by atoms with E-state index in [1.54, 1.807) is 0 Å². The number of hydrogen-bond acceptors (Lipinski definition) is 2. The lowest BCUT2D eigenvalue weighted by Gasteiger charge is -2.26. The Kier molecular flexibility index (Phi) is 3.28. The highest BCUT2D eigenvalue weighted by atomic mass is 19.4. The number of hydrogen-bond donors (Lipinski definition) is 1. The van der Waals surface area contributed by atoms with Gasteiger partial charge in [-0.3, -0.25) is 0 Å². The van der Waals surface area contributed by atoms with Gasteiger partial charge in [-0.1, -0.05) is 0 Å². The maximum absolute atomic E-state index is 12.4. The van der Waals surface area contributed by atoms with Crippen LogP contribution in [-0.4, -0.2) is 19.1 Å². The molecular formula is C12H15F3N2. The molecule has 5 heteroatoms. The first-order chi connectivity index (χ1) is 8.02. The molecule has 0 bridgehead atoms. The fourth-order valence-corrected chi connectivity index (χ4v) is 2.26. The summed E-state index contributed by atoms with van der Waals surface area (Å²) in [5.74, 6) is 0. The molecule has 0 radical (unpaired) electrons. The van der Waals surface area contributed by atoms with Crippen molar-refractivity contribution >= 4 is 5.69 Å². The molecule has 17 heavy (non-hydrogen) atoms. The lowest BCUT2D eigenvalue weighted by molar-refractivity contribution is -0.137. The second kappa shape index (κ2) is 4.56. The molecule has 0 saturated carbocycles. The molecule has 0 spiro atoms. The number of anilines is 1. The monoisotopic (exact) mass is 244 g/mol. The first-order valence-electron chi connectivity index (χ1n) is 5.66. The van der Waals surface area contributed by atoms with Gasteiger partial charge in [-0.15, -0.1) is 0 Å². The lowest BCUT2D eigenvalue weighted by atomic mass is 10.1. The van der Waals surface area contributed by atoms with E-state index in [2.05, 4.69) is 4.90 Å². The zero-order chi connectivity index (χ0) is 12.5. The molecule has 1 aromatic rings. The van der Waals surface area contributed by atoms with Crippen LogP contribution in [0.3, 0.4) is 0 Å². The Hall–Kier alpha value is -1.23. The van der Waals surface area contributed by atoms with Gasteiger partial charge in [0, 0.05) is 24.8 Å². The van der Waals surface area contributed by atoms with Gasteiger partial charge in [0.05, 0.1) is 5.56 Å². The van der Waals surface area contributed by atoms with E-state index >= 15 is 0 Å². The summed E-state index contributed by atoms with van der Waals surface area (Å²) in [6, 6.07) is 5.56. The molecule has 1 aromatic carbocycles. The van der Waals surface area contributed by atoms with Crippen molar-refractivity contribution in [1.29, 1.82) is 0 Å². The van der Waals surface area contributed by atoms with E-state index in [9.17, 15) is 13.2 Å². The second-order valence-corrected chi connectivity index (χ2v) is 4.27. The smallest absolute Gasteiger partial charge is 0.367 e. The molecule has 1 fully saturated rings. The van der Waals surface area contributed by atoms with Gasteiger partial charge in [0.2, 0.25) is 0 Å². The fourth-order valence-electron chi connectivity index (χ4n) is 2.26. The minimum absolute atomic E-state index is 0.256. The minimum Gasteiger partial charge on any atom is -0.367 e. The van der Waals surface area contributed by atoms with Gasteiger partial charge in [-0.25, -0.2) is 0 Å². The summed E-state index contributed by atoms with van der Waals surface area (Å²) in [6.45, 7) is 1.41. The molecule has 0 aromatic heterocycles. The van der Waals surface area contributed by atoms with Gasteiger partial charge in [0.15, 0.2) is 0 Å². The van der Waals surface area contributed by atoms with Crippen LogP contribution in [0.1, 0.15) is 18.4 Å². The summed E-state index contributed by atoms with van der Waals surface area (Å²) in [5.41, 5.74) is 5.86. The highest BCUT2D eigenvalue weighted by molar-refractivity contribution is 5.50. The molecule has 1 saturated heterocycles. The van der Waals surface area contributed by atoms with E-state index in [1.165, 1.54) is 12.1 Å². The Morgan fingerprint density at radius 2 is 1.88 bits per heavy atom. The summed E-state index contributed by atoms with van der Waals surface area (Å²) in [5, 5.41) is 0. The van der Waals surface area contributed by atoms with Crippen molar-refractivity contribution in [1.82, 2.24) is 0 Å². The van der Waals surface area contributed by atoms with Crippen LogP contribution in [0.2, 0.25) is 0 Å². The Labute approximate surface area is 98.2 Å². The van der Waals surface area contributed by atoms with Crippen LogP contribution in [0.15, 0.2) is 24.3 Å². The molecule has 1 unspecified atom stereocenters. The summed E-state index contributed by atoms with van der Waals surface area (Å²) < 4.78 is 37.2. The summed E-state index contributed by atoms with van der Waals surface area (Å²) in [7, 11) is 0. The zero-order valence-electron chi connectivity index (χ0n) is 9.37. The fraction of sp³-hybridized carbons (Fsp3) is 0.500. The minimum atomic E-state index is -4.27. The third-order valence-electron chi connectivity index (χ3n) is 3.18. The summed E-state index contributed by atoms with van der Waals surface area (Å²) in [4.78, 5) is 2.08. The van der Waals surface area contributed by atoms with Crippen molar-refractivity contribution in [2.75, 3.05) is 18.0 Å². The molecule has 1 aliphatic rings. The predicted molar refractivity (Wildman–Crippen MR) is 60.9 cm³/mol. The molecule has 1 aliphatic heterocycles. The van der Waals surface area contributed by atoms with E-state index in [1.807, 2.05) is 0 Å². The average Bonchev–Trinajstić information content (AvgIpc) is 2.76. The van der Waals surface area contributed by atoms with Crippen molar-refractivity contribution in [3.63, 3.8) is 0 Å². The molecular weight excluding hydrogens is 229 g/mol. The molecule has 2 N–H and O–H groups in total. The molecule has 1 heterocycles. The number of halogens is 3. The molecule has 94 valence electrons. The van der Waals surface area contributed by atoms with E-state index < -0.39 is 11.7 Å². The third-order valence-corrected chi connectivity index (χ3v) is 3.18. The number of nitrogens with two attached hydrogens (primary N) is 1. The molecule has 1 atom stereocenters. The van der Waals surface area contributed by atoms with Crippen LogP contribution in [-0.2, 0) is 6.18 Å². The topological polar surface area (TPSA) is 29.3 Å². The van der Waals surface area contributed by atoms with Crippen LogP contribution in [0.4, 0.5) is 18.9 Å². The van der Waals surface area contributed by atoms with E-state index in [0.717, 1.165) is 37.2 Å².